The van der Waals surface area contributed by atoms with Crippen molar-refractivity contribution in [2.24, 2.45) is 5.10 Å². The fourth-order valence-electron chi connectivity index (χ4n) is 0.771. The van der Waals surface area contributed by atoms with E-state index in [2.05, 4.69) is 10.5 Å². The minimum absolute atomic E-state index is 0.119. The molecule has 0 atom stereocenters. The summed E-state index contributed by atoms with van der Waals surface area (Å²) in [5.74, 6) is -0.477. The Morgan fingerprint density at radius 1 is 1.40 bits per heavy atom. The van der Waals surface area contributed by atoms with E-state index in [1.54, 1.807) is 12.1 Å². The Kier molecular flexibility index (Phi) is 3.61. The van der Waals surface area contributed by atoms with E-state index < -0.39 is 5.82 Å². The number of rotatable bonds is 2. The van der Waals surface area contributed by atoms with Crippen LogP contribution in [0.2, 0.25) is 5.02 Å². The summed E-state index contributed by atoms with van der Waals surface area (Å²) >= 11 is 5.66. The molecule has 0 radical (unpaired) electrons. The van der Waals surface area contributed by atoms with Gasteiger partial charge in [0.2, 0.25) is 5.71 Å². The highest BCUT2D eigenvalue weighted by Crippen LogP contribution is 2.22. The molecule has 0 unspecified atom stereocenters. The molecular weight excluding hydrogens is 219 g/mol. The molecule has 0 aromatic heterocycles. The van der Waals surface area contributed by atoms with Crippen LogP contribution in [0.4, 0.5) is 10.1 Å². The summed E-state index contributed by atoms with van der Waals surface area (Å²) in [4.78, 5) is 0. The van der Waals surface area contributed by atoms with Gasteiger partial charge in [-0.2, -0.15) is 15.6 Å². The zero-order valence-electron chi connectivity index (χ0n) is 7.33. The summed E-state index contributed by atoms with van der Waals surface area (Å²) < 4.78 is 12.6. The zero-order chi connectivity index (χ0) is 11.3. The molecule has 15 heavy (non-hydrogen) atoms. The van der Waals surface area contributed by atoms with E-state index in [-0.39, 0.29) is 10.7 Å². The first kappa shape index (κ1) is 11.0. The van der Waals surface area contributed by atoms with Crippen LogP contribution >= 0.6 is 11.6 Å². The highest BCUT2D eigenvalue weighted by molar-refractivity contribution is 6.33. The van der Waals surface area contributed by atoms with E-state index in [1.165, 1.54) is 12.1 Å². The maximum atomic E-state index is 12.6. The van der Waals surface area contributed by atoms with Crippen molar-refractivity contribution in [1.82, 2.24) is 0 Å². The molecule has 0 bridgehead atoms. The molecule has 0 spiro atoms. The lowest BCUT2D eigenvalue weighted by atomic mass is 10.3. The Labute approximate surface area is 90.2 Å². The molecule has 1 aromatic rings. The molecule has 0 aliphatic carbocycles. The number of benzene rings is 1. The maximum absolute atomic E-state index is 12.6. The summed E-state index contributed by atoms with van der Waals surface area (Å²) in [5.41, 5.74) is 2.37. The molecule has 1 rings (SSSR count). The van der Waals surface area contributed by atoms with E-state index >= 15 is 0 Å². The number of hydrogen-bond donors (Lipinski definition) is 1. The fourth-order valence-corrected chi connectivity index (χ4v) is 0.981. The third-order valence-electron chi connectivity index (χ3n) is 1.43. The first-order valence-corrected chi connectivity index (χ1v) is 4.14. The van der Waals surface area contributed by atoms with Gasteiger partial charge in [-0.05, 0) is 18.2 Å². The van der Waals surface area contributed by atoms with Crippen LogP contribution in [0.1, 0.15) is 0 Å². The van der Waals surface area contributed by atoms with E-state index in [0.717, 1.165) is 6.07 Å². The Morgan fingerprint density at radius 2 is 2.07 bits per heavy atom. The van der Waals surface area contributed by atoms with Crippen LogP contribution in [0.25, 0.3) is 0 Å². The molecule has 0 fully saturated rings. The topological polar surface area (TPSA) is 72.0 Å². The van der Waals surface area contributed by atoms with Crippen molar-refractivity contribution in [3.8, 4) is 12.1 Å². The van der Waals surface area contributed by atoms with Crippen LogP contribution in [0, 0.1) is 28.5 Å². The van der Waals surface area contributed by atoms with Crippen molar-refractivity contribution in [2.75, 3.05) is 5.43 Å². The van der Waals surface area contributed by atoms with Gasteiger partial charge < -0.3 is 0 Å². The molecule has 0 saturated carbocycles. The molecule has 6 heteroatoms. The number of hydrogen-bond acceptors (Lipinski definition) is 4. The zero-order valence-corrected chi connectivity index (χ0v) is 8.09. The summed E-state index contributed by atoms with van der Waals surface area (Å²) in [6.07, 6.45) is 0. The van der Waals surface area contributed by atoms with Gasteiger partial charge in [0.1, 0.15) is 18.0 Å². The van der Waals surface area contributed by atoms with E-state index in [4.69, 9.17) is 22.1 Å². The Balaban J connectivity index is 2.89. The van der Waals surface area contributed by atoms with Crippen LogP contribution in [0.15, 0.2) is 23.3 Å². The lowest BCUT2D eigenvalue weighted by Crippen LogP contribution is -1.96. The molecule has 0 aliphatic rings. The predicted octanol–water partition coefficient (Wildman–Crippen LogP) is 2.29. The third-order valence-corrected chi connectivity index (χ3v) is 1.74. The second kappa shape index (κ2) is 4.94. The van der Waals surface area contributed by atoms with Gasteiger partial charge in [0.15, 0.2) is 0 Å². The third kappa shape index (κ3) is 2.94. The van der Waals surface area contributed by atoms with Crippen LogP contribution in [-0.2, 0) is 0 Å². The lowest BCUT2D eigenvalue weighted by Gasteiger charge is -2.01. The minimum atomic E-state index is -0.477. The highest BCUT2D eigenvalue weighted by Gasteiger charge is 2.01. The Morgan fingerprint density at radius 3 is 2.60 bits per heavy atom. The van der Waals surface area contributed by atoms with E-state index in [9.17, 15) is 4.39 Å². The number of nitrogens with one attached hydrogen (secondary N) is 1. The molecule has 0 heterocycles. The highest BCUT2D eigenvalue weighted by atomic mass is 35.5. The molecule has 0 saturated heterocycles. The predicted molar refractivity (Wildman–Crippen MR) is 53.7 cm³/mol. The largest absolute Gasteiger partial charge is 0.275 e. The van der Waals surface area contributed by atoms with Gasteiger partial charge in [-0.3, -0.25) is 5.43 Å². The fraction of sp³-hybridized carbons (Fsp3) is 0. The van der Waals surface area contributed by atoms with Gasteiger partial charge in [-0.15, -0.1) is 0 Å². The second-order valence-corrected chi connectivity index (χ2v) is 2.83. The quantitative estimate of drug-likeness (QED) is 0.616. The van der Waals surface area contributed by atoms with Gasteiger partial charge in [0.25, 0.3) is 0 Å². The van der Waals surface area contributed by atoms with Gasteiger partial charge in [0, 0.05) is 0 Å². The monoisotopic (exact) mass is 222 g/mol. The normalized spacial score (nSPS) is 8.53. The van der Waals surface area contributed by atoms with Crippen molar-refractivity contribution >= 4 is 23.0 Å². The van der Waals surface area contributed by atoms with Crippen molar-refractivity contribution in [3.63, 3.8) is 0 Å². The average Bonchev–Trinajstić information content (AvgIpc) is 2.22. The first-order valence-electron chi connectivity index (χ1n) is 3.76. The summed E-state index contributed by atoms with van der Waals surface area (Å²) in [5, 5.41) is 20.3. The molecule has 4 nitrogen and oxygen atoms in total. The maximum Gasteiger partial charge on any atom is 0.237 e. The first-order chi connectivity index (χ1) is 7.17. The molecule has 1 aromatic carbocycles. The molecule has 74 valence electrons. The van der Waals surface area contributed by atoms with Crippen molar-refractivity contribution in [1.29, 1.82) is 10.5 Å². The van der Waals surface area contributed by atoms with Crippen molar-refractivity contribution < 1.29 is 4.39 Å². The number of halogens is 2. The molecule has 0 aliphatic heterocycles. The van der Waals surface area contributed by atoms with Gasteiger partial charge >= 0.3 is 0 Å². The summed E-state index contributed by atoms with van der Waals surface area (Å²) in [7, 11) is 0. The van der Waals surface area contributed by atoms with E-state index in [0.29, 0.717) is 5.69 Å². The molecule has 0 amide bonds. The van der Waals surface area contributed by atoms with Gasteiger partial charge in [-0.1, -0.05) is 11.6 Å². The Bertz CT molecular complexity index is 468. The average molecular weight is 223 g/mol. The standard InChI is InChI=1S/C9H4ClFN4/c10-8-3-6(11)1-2-9(8)15-14-7(4-12)5-13/h1-3,15H. The van der Waals surface area contributed by atoms with Gasteiger partial charge in [-0.25, -0.2) is 4.39 Å². The van der Waals surface area contributed by atoms with Gasteiger partial charge in [0.05, 0.1) is 10.7 Å². The molecular formula is C9H4ClFN4. The Hall–Kier alpha value is -2.11. The summed E-state index contributed by atoms with van der Waals surface area (Å²) in [6, 6.07) is 6.76. The van der Waals surface area contributed by atoms with Crippen LogP contribution in [0.3, 0.4) is 0 Å². The minimum Gasteiger partial charge on any atom is -0.275 e. The smallest absolute Gasteiger partial charge is 0.237 e. The van der Waals surface area contributed by atoms with Crippen molar-refractivity contribution in [2.45, 2.75) is 0 Å². The summed E-state index contributed by atoms with van der Waals surface area (Å²) in [6.45, 7) is 0. The van der Waals surface area contributed by atoms with Crippen LogP contribution in [0.5, 0.6) is 0 Å². The van der Waals surface area contributed by atoms with Crippen molar-refractivity contribution in [3.05, 3.63) is 29.0 Å². The van der Waals surface area contributed by atoms with E-state index in [1.807, 2.05) is 0 Å². The molecule has 1 N–H and O–H groups in total. The number of hydrazone groups is 1. The van der Waals surface area contributed by atoms with Crippen LogP contribution in [-0.4, -0.2) is 5.71 Å². The number of nitrogens with zero attached hydrogens (tertiary/aromatic N) is 3. The number of nitriles is 2. The number of anilines is 1. The lowest BCUT2D eigenvalue weighted by molar-refractivity contribution is 0.628. The SMILES string of the molecule is N#CC(C#N)=NNc1ccc(F)cc1Cl. The second-order valence-electron chi connectivity index (χ2n) is 2.42. The van der Waals surface area contributed by atoms with Crippen LogP contribution < -0.4 is 5.43 Å².